The van der Waals surface area contributed by atoms with Crippen molar-refractivity contribution >= 4 is 45.9 Å². The lowest BCUT2D eigenvalue weighted by Crippen LogP contribution is -2.42. The Morgan fingerprint density at radius 1 is 1.03 bits per heavy atom. The maximum atomic E-state index is 12.3. The van der Waals surface area contributed by atoms with Crippen molar-refractivity contribution in [1.82, 2.24) is 15.8 Å². The minimum Gasteiger partial charge on any atom is -0.492 e. The van der Waals surface area contributed by atoms with E-state index >= 15 is 0 Å². The number of hydrazine groups is 1. The van der Waals surface area contributed by atoms with Gasteiger partial charge in [0.05, 0.1) is 23.6 Å². The molecule has 0 fully saturated rings. The monoisotopic (exact) mass is 459 g/mol. The third-order valence-corrected chi connectivity index (χ3v) is 5.39. The molecule has 1 aromatic heterocycles. The molecule has 162 valence electrons. The van der Waals surface area contributed by atoms with Crippen LogP contribution in [0.4, 0.5) is 0 Å². The lowest BCUT2D eigenvalue weighted by atomic mass is 9.99. The second-order valence-corrected chi connectivity index (χ2v) is 7.96. The van der Waals surface area contributed by atoms with Crippen molar-refractivity contribution in [3.05, 3.63) is 69.3 Å². The number of hydrogen-bond donors (Lipinski definition) is 2. The Bertz CT molecular complexity index is 1120. The molecule has 0 radical (unpaired) electrons. The van der Waals surface area contributed by atoms with Crippen LogP contribution in [0.1, 0.15) is 29.7 Å². The van der Waals surface area contributed by atoms with Crippen LogP contribution in [0.25, 0.3) is 10.9 Å². The van der Waals surface area contributed by atoms with Gasteiger partial charge in [-0.2, -0.15) is 0 Å². The largest absolute Gasteiger partial charge is 0.492 e. The van der Waals surface area contributed by atoms with Crippen molar-refractivity contribution in [3.8, 4) is 5.75 Å². The minimum absolute atomic E-state index is 0.133. The highest BCUT2D eigenvalue weighted by Gasteiger charge is 2.13. The number of nitrogens with one attached hydrogen (secondary N) is 2. The Hall–Kier alpha value is -2.83. The van der Waals surface area contributed by atoms with Gasteiger partial charge in [0.25, 0.3) is 0 Å². The molecule has 0 saturated heterocycles. The highest BCUT2D eigenvalue weighted by atomic mass is 35.5. The predicted molar refractivity (Wildman–Crippen MR) is 122 cm³/mol. The first-order valence-corrected chi connectivity index (χ1v) is 10.6. The Morgan fingerprint density at radius 3 is 2.55 bits per heavy atom. The molecule has 2 amide bonds. The molecular weight excluding hydrogens is 437 g/mol. The Labute approximate surface area is 190 Å². The first-order chi connectivity index (χ1) is 14.8. The lowest BCUT2D eigenvalue weighted by Gasteiger charge is -2.13. The van der Waals surface area contributed by atoms with Gasteiger partial charge >= 0.3 is 0 Å². The first-order valence-electron chi connectivity index (χ1n) is 9.85. The third-order valence-electron chi connectivity index (χ3n) is 4.86. The van der Waals surface area contributed by atoms with Crippen LogP contribution in [0.15, 0.2) is 42.5 Å². The van der Waals surface area contributed by atoms with Crippen molar-refractivity contribution in [1.29, 1.82) is 0 Å². The van der Waals surface area contributed by atoms with Crippen LogP contribution in [0.5, 0.6) is 5.75 Å². The van der Waals surface area contributed by atoms with E-state index in [-0.39, 0.29) is 24.7 Å². The normalized spacial score (nSPS) is 10.7. The molecule has 6 nitrogen and oxygen atoms in total. The van der Waals surface area contributed by atoms with Crippen LogP contribution in [0.3, 0.4) is 0 Å². The second kappa shape index (κ2) is 10.5. The summed E-state index contributed by atoms with van der Waals surface area (Å²) in [5.41, 5.74) is 8.48. The van der Waals surface area contributed by atoms with E-state index in [1.54, 1.807) is 18.2 Å². The molecule has 3 aromatic rings. The van der Waals surface area contributed by atoms with Gasteiger partial charge in [-0.3, -0.25) is 25.4 Å². The van der Waals surface area contributed by atoms with Crippen LogP contribution in [-0.4, -0.2) is 23.4 Å². The molecule has 0 aliphatic heterocycles. The minimum atomic E-state index is -0.305. The Kier molecular flexibility index (Phi) is 7.71. The van der Waals surface area contributed by atoms with Gasteiger partial charge in [-0.05, 0) is 55.7 Å². The molecule has 0 atom stereocenters. The molecule has 31 heavy (non-hydrogen) atoms. The molecule has 0 unspecified atom stereocenters. The number of para-hydroxylation sites is 1. The molecule has 0 aliphatic rings. The van der Waals surface area contributed by atoms with Crippen LogP contribution in [0, 0.1) is 13.8 Å². The summed E-state index contributed by atoms with van der Waals surface area (Å²) in [5.74, 6) is -0.0976. The molecule has 3 rings (SSSR count). The maximum Gasteiger partial charge on any atom is 0.242 e. The number of aryl methyl sites for hydroxylation is 2. The quantitative estimate of drug-likeness (QED) is 0.396. The summed E-state index contributed by atoms with van der Waals surface area (Å²) < 4.78 is 5.54. The lowest BCUT2D eigenvalue weighted by molar-refractivity contribution is -0.128. The van der Waals surface area contributed by atoms with Crippen molar-refractivity contribution in [3.63, 3.8) is 0 Å². The number of ether oxygens (including phenoxy) is 1. The molecular formula is C23H23Cl2N3O3. The van der Waals surface area contributed by atoms with Gasteiger partial charge in [0.2, 0.25) is 11.8 Å². The standard InChI is InChI=1S/C23H23Cl2N3O3/c1-14-17-6-3-4-7-20(17)26-15(2)18(14)13-23(30)28-27-22(29)8-5-11-31-21-10-9-16(24)12-19(21)25/h3-4,6-7,9-10,12H,5,8,11,13H2,1-2H3,(H,27,29)(H,28,30). The topological polar surface area (TPSA) is 80.3 Å². The number of halogens is 2. The molecule has 8 heteroatoms. The molecule has 0 saturated carbocycles. The number of aromatic nitrogens is 1. The van der Waals surface area contributed by atoms with Crippen molar-refractivity contribution in [2.24, 2.45) is 0 Å². The summed E-state index contributed by atoms with van der Waals surface area (Å²) in [4.78, 5) is 28.9. The number of rotatable bonds is 7. The van der Waals surface area contributed by atoms with E-state index in [1.807, 2.05) is 38.1 Å². The summed E-state index contributed by atoms with van der Waals surface area (Å²) in [5, 5.41) is 1.95. The average molecular weight is 460 g/mol. The zero-order valence-electron chi connectivity index (χ0n) is 17.3. The summed E-state index contributed by atoms with van der Waals surface area (Å²) in [6, 6.07) is 12.8. The van der Waals surface area contributed by atoms with Gasteiger partial charge in [-0.1, -0.05) is 41.4 Å². The molecule has 1 heterocycles. The fraction of sp³-hybridized carbons (Fsp3) is 0.261. The summed E-state index contributed by atoms with van der Waals surface area (Å²) in [6.07, 6.45) is 0.794. The van der Waals surface area contributed by atoms with Crippen molar-refractivity contribution < 1.29 is 14.3 Å². The Balaban J connectivity index is 1.44. The zero-order valence-corrected chi connectivity index (χ0v) is 18.8. The van der Waals surface area contributed by atoms with E-state index in [0.717, 1.165) is 27.7 Å². The molecule has 2 aromatic carbocycles. The number of benzene rings is 2. The first kappa shape index (κ1) is 22.8. The number of carbonyl (C=O) groups is 2. The van der Waals surface area contributed by atoms with E-state index in [0.29, 0.717) is 28.8 Å². The fourth-order valence-electron chi connectivity index (χ4n) is 3.24. The number of pyridine rings is 1. The third kappa shape index (κ3) is 6.09. The van der Waals surface area contributed by atoms with Crippen molar-refractivity contribution in [2.75, 3.05) is 6.61 Å². The van der Waals surface area contributed by atoms with E-state index in [2.05, 4.69) is 15.8 Å². The zero-order chi connectivity index (χ0) is 22.4. The number of carbonyl (C=O) groups excluding carboxylic acids is 2. The van der Waals surface area contributed by atoms with E-state index in [9.17, 15) is 9.59 Å². The van der Waals surface area contributed by atoms with E-state index < -0.39 is 0 Å². The van der Waals surface area contributed by atoms with Gasteiger partial charge in [0.15, 0.2) is 0 Å². The highest BCUT2D eigenvalue weighted by Crippen LogP contribution is 2.27. The van der Waals surface area contributed by atoms with E-state index in [1.165, 1.54) is 0 Å². The van der Waals surface area contributed by atoms with Crippen LogP contribution < -0.4 is 15.6 Å². The highest BCUT2D eigenvalue weighted by molar-refractivity contribution is 6.35. The summed E-state index contributed by atoms with van der Waals surface area (Å²) >= 11 is 11.9. The number of amides is 2. The maximum absolute atomic E-state index is 12.3. The van der Waals surface area contributed by atoms with Crippen LogP contribution >= 0.6 is 23.2 Å². The Morgan fingerprint density at radius 2 is 1.77 bits per heavy atom. The second-order valence-electron chi connectivity index (χ2n) is 7.12. The van der Waals surface area contributed by atoms with Gasteiger partial charge in [0.1, 0.15) is 5.75 Å². The van der Waals surface area contributed by atoms with Gasteiger partial charge in [0, 0.05) is 22.5 Å². The smallest absolute Gasteiger partial charge is 0.242 e. The summed E-state index contributed by atoms with van der Waals surface area (Å²) in [6.45, 7) is 4.17. The van der Waals surface area contributed by atoms with Crippen LogP contribution in [-0.2, 0) is 16.0 Å². The van der Waals surface area contributed by atoms with Crippen molar-refractivity contribution in [2.45, 2.75) is 33.1 Å². The summed E-state index contributed by atoms with van der Waals surface area (Å²) in [7, 11) is 0. The molecule has 2 N–H and O–H groups in total. The average Bonchev–Trinajstić information content (AvgIpc) is 2.74. The van der Waals surface area contributed by atoms with Gasteiger partial charge in [-0.25, -0.2) is 0 Å². The number of hydrogen-bond acceptors (Lipinski definition) is 4. The molecule has 0 spiro atoms. The molecule has 0 aliphatic carbocycles. The fourth-order valence-corrected chi connectivity index (χ4v) is 3.71. The van der Waals surface area contributed by atoms with Gasteiger partial charge < -0.3 is 4.74 Å². The van der Waals surface area contributed by atoms with Crippen LogP contribution in [0.2, 0.25) is 10.0 Å². The predicted octanol–water partition coefficient (Wildman–Crippen LogP) is 4.71. The van der Waals surface area contributed by atoms with E-state index in [4.69, 9.17) is 27.9 Å². The SMILES string of the molecule is Cc1nc2ccccc2c(C)c1CC(=O)NNC(=O)CCCOc1ccc(Cl)cc1Cl. The van der Waals surface area contributed by atoms with Gasteiger partial charge in [-0.15, -0.1) is 0 Å². The number of nitrogens with zero attached hydrogens (tertiary/aromatic N) is 1. The number of fused-ring (bicyclic) bond motifs is 1. The molecule has 0 bridgehead atoms.